The zero-order chi connectivity index (χ0) is 11.0. The molecule has 1 aliphatic rings. The molecule has 14 heavy (non-hydrogen) atoms. The van der Waals surface area contributed by atoms with Gasteiger partial charge in [0.2, 0.25) is 0 Å². The van der Waals surface area contributed by atoms with E-state index in [0.29, 0.717) is 13.1 Å². The maximum absolute atomic E-state index is 11.1. The molecule has 1 rings (SSSR count). The van der Waals surface area contributed by atoms with Crippen molar-refractivity contribution in [2.45, 2.75) is 26.7 Å². The predicted molar refractivity (Wildman–Crippen MR) is 55.7 cm³/mol. The molecule has 0 unspecified atom stereocenters. The van der Waals surface area contributed by atoms with Gasteiger partial charge in [-0.25, -0.2) is 4.79 Å². The third kappa shape index (κ3) is 3.65. The lowest BCUT2D eigenvalue weighted by Crippen LogP contribution is -2.42. The first kappa shape index (κ1) is 12.8. The molecule has 2 amide bonds. The van der Waals surface area contributed by atoms with Gasteiger partial charge >= 0.3 is 6.03 Å². The number of hydrogen-bond acceptors (Lipinski definition) is 2. The summed E-state index contributed by atoms with van der Waals surface area (Å²) in [6, 6.07) is 2.19. The molecule has 80 valence electrons. The quantitative estimate of drug-likeness (QED) is 0.641. The Morgan fingerprint density at radius 2 is 1.93 bits per heavy atom. The van der Waals surface area contributed by atoms with Crippen molar-refractivity contribution < 1.29 is 4.79 Å². The molecule has 0 aromatic heterocycles. The van der Waals surface area contributed by atoms with Crippen LogP contribution in [0.5, 0.6) is 0 Å². The minimum atomic E-state index is -0.0358. The largest absolute Gasteiger partial charge is 0.341 e. The standard InChI is InChI=1S/C8H13N3O.C2H6/c1-10-8(12)11-4-2-7(6-9)3-5-11;1-2/h7H,2-5H2,1H3,(H,10,12);1-2H3. The van der Waals surface area contributed by atoms with Crippen LogP contribution in [0.25, 0.3) is 0 Å². The Morgan fingerprint density at radius 3 is 2.29 bits per heavy atom. The van der Waals surface area contributed by atoms with Crippen LogP contribution in [0.2, 0.25) is 0 Å². The highest BCUT2D eigenvalue weighted by atomic mass is 16.2. The van der Waals surface area contributed by atoms with Crippen LogP contribution >= 0.6 is 0 Å². The van der Waals surface area contributed by atoms with Crippen molar-refractivity contribution in [1.82, 2.24) is 10.2 Å². The van der Waals surface area contributed by atoms with Gasteiger partial charge in [-0.3, -0.25) is 0 Å². The van der Waals surface area contributed by atoms with Gasteiger partial charge in [0.1, 0.15) is 0 Å². The van der Waals surface area contributed by atoms with Crippen LogP contribution in [0, 0.1) is 17.2 Å². The van der Waals surface area contributed by atoms with Crippen LogP contribution in [0.3, 0.4) is 0 Å². The average molecular weight is 197 g/mol. The third-order valence-corrected chi connectivity index (χ3v) is 2.18. The van der Waals surface area contributed by atoms with Gasteiger partial charge in [-0.1, -0.05) is 13.8 Å². The van der Waals surface area contributed by atoms with E-state index in [1.807, 2.05) is 13.8 Å². The fourth-order valence-corrected chi connectivity index (χ4v) is 1.37. The molecular weight excluding hydrogens is 178 g/mol. The maximum atomic E-state index is 11.1. The van der Waals surface area contributed by atoms with Crippen LogP contribution < -0.4 is 5.32 Å². The molecule has 1 heterocycles. The molecule has 0 aliphatic carbocycles. The first-order chi connectivity index (χ1) is 6.77. The van der Waals surface area contributed by atoms with E-state index in [1.54, 1.807) is 11.9 Å². The number of amides is 2. The number of carbonyl (C=O) groups is 1. The molecule has 0 aromatic carbocycles. The Hall–Kier alpha value is -1.24. The Morgan fingerprint density at radius 1 is 1.43 bits per heavy atom. The molecule has 0 bridgehead atoms. The molecule has 1 aliphatic heterocycles. The number of nitrogens with zero attached hydrogens (tertiary/aromatic N) is 2. The molecule has 1 saturated heterocycles. The van der Waals surface area contributed by atoms with E-state index in [0.717, 1.165) is 12.8 Å². The molecule has 0 radical (unpaired) electrons. The van der Waals surface area contributed by atoms with Crippen molar-refractivity contribution in [1.29, 1.82) is 5.26 Å². The van der Waals surface area contributed by atoms with E-state index in [-0.39, 0.29) is 11.9 Å². The van der Waals surface area contributed by atoms with Gasteiger partial charge in [-0.05, 0) is 12.8 Å². The fraction of sp³-hybridized carbons (Fsp3) is 0.800. The summed E-state index contributed by atoms with van der Waals surface area (Å²) in [5.74, 6) is 0.144. The molecule has 0 saturated carbocycles. The van der Waals surface area contributed by atoms with Crippen LogP contribution in [-0.2, 0) is 0 Å². The van der Waals surface area contributed by atoms with E-state index in [9.17, 15) is 4.79 Å². The zero-order valence-corrected chi connectivity index (χ0v) is 9.21. The van der Waals surface area contributed by atoms with Crippen molar-refractivity contribution in [3.05, 3.63) is 0 Å². The molecule has 4 nitrogen and oxygen atoms in total. The molecule has 4 heteroatoms. The van der Waals surface area contributed by atoms with Crippen LogP contribution in [0.1, 0.15) is 26.7 Å². The Balaban J connectivity index is 0.000000791. The number of nitriles is 1. The van der Waals surface area contributed by atoms with E-state index >= 15 is 0 Å². The summed E-state index contributed by atoms with van der Waals surface area (Å²) in [6.45, 7) is 5.41. The minimum Gasteiger partial charge on any atom is -0.341 e. The van der Waals surface area contributed by atoms with E-state index in [2.05, 4.69) is 11.4 Å². The number of urea groups is 1. The Bertz CT molecular complexity index is 202. The highest BCUT2D eigenvalue weighted by molar-refractivity contribution is 5.73. The minimum absolute atomic E-state index is 0.0358. The van der Waals surface area contributed by atoms with Gasteiger partial charge in [0.15, 0.2) is 0 Å². The van der Waals surface area contributed by atoms with Gasteiger partial charge in [-0.15, -0.1) is 0 Å². The second kappa shape index (κ2) is 7.19. The summed E-state index contributed by atoms with van der Waals surface area (Å²) >= 11 is 0. The molecule has 1 N–H and O–H groups in total. The normalized spacial score (nSPS) is 16.3. The van der Waals surface area contributed by atoms with Crippen molar-refractivity contribution >= 4 is 6.03 Å². The summed E-state index contributed by atoms with van der Waals surface area (Å²) in [4.78, 5) is 12.8. The molecule has 1 fully saturated rings. The molecule has 0 spiro atoms. The second-order valence-electron chi connectivity index (χ2n) is 2.95. The lowest BCUT2D eigenvalue weighted by molar-refractivity contribution is 0.181. The first-order valence-electron chi connectivity index (χ1n) is 5.14. The van der Waals surface area contributed by atoms with Crippen molar-refractivity contribution in [3.63, 3.8) is 0 Å². The number of likely N-dealkylation sites (tertiary alicyclic amines) is 1. The van der Waals surface area contributed by atoms with Crippen LogP contribution in [-0.4, -0.2) is 31.1 Å². The summed E-state index contributed by atoms with van der Waals surface area (Å²) in [7, 11) is 1.62. The topological polar surface area (TPSA) is 56.1 Å². The molecule has 0 aromatic rings. The molecule has 0 atom stereocenters. The third-order valence-electron chi connectivity index (χ3n) is 2.18. The van der Waals surface area contributed by atoms with Crippen LogP contribution in [0.15, 0.2) is 0 Å². The number of rotatable bonds is 0. The average Bonchev–Trinajstić information content (AvgIpc) is 2.31. The van der Waals surface area contributed by atoms with E-state index in [1.165, 1.54) is 0 Å². The van der Waals surface area contributed by atoms with Gasteiger partial charge < -0.3 is 10.2 Å². The summed E-state index contributed by atoms with van der Waals surface area (Å²) in [5, 5.41) is 11.2. The lowest BCUT2D eigenvalue weighted by atomic mass is 9.99. The Kier molecular flexibility index (Phi) is 6.55. The zero-order valence-electron chi connectivity index (χ0n) is 9.21. The second-order valence-corrected chi connectivity index (χ2v) is 2.95. The number of hydrogen-bond donors (Lipinski definition) is 1. The van der Waals surface area contributed by atoms with E-state index < -0.39 is 0 Å². The van der Waals surface area contributed by atoms with Gasteiger partial charge in [-0.2, -0.15) is 5.26 Å². The number of nitrogens with one attached hydrogen (secondary N) is 1. The van der Waals surface area contributed by atoms with Crippen LogP contribution in [0.4, 0.5) is 4.79 Å². The predicted octanol–water partition coefficient (Wildman–Crippen LogP) is 1.59. The monoisotopic (exact) mass is 197 g/mol. The van der Waals surface area contributed by atoms with Gasteiger partial charge in [0.05, 0.1) is 6.07 Å². The first-order valence-corrected chi connectivity index (χ1v) is 5.14. The number of carbonyl (C=O) groups excluding carboxylic acids is 1. The SMILES string of the molecule is CC.CNC(=O)N1CCC(C#N)CC1. The van der Waals surface area contributed by atoms with Crippen molar-refractivity contribution in [3.8, 4) is 6.07 Å². The lowest BCUT2D eigenvalue weighted by Gasteiger charge is -2.28. The van der Waals surface area contributed by atoms with Crippen molar-refractivity contribution in [2.24, 2.45) is 5.92 Å². The fourth-order valence-electron chi connectivity index (χ4n) is 1.37. The smallest absolute Gasteiger partial charge is 0.317 e. The van der Waals surface area contributed by atoms with Gasteiger partial charge in [0.25, 0.3) is 0 Å². The van der Waals surface area contributed by atoms with Crippen molar-refractivity contribution in [2.75, 3.05) is 20.1 Å². The summed E-state index contributed by atoms with van der Waals surface area (Å²) < 4.78 is 0. The van der Waals surface area contributed by atoms with E-state index in [4.69, 9.17) is 5.26 Å². The van der Waals surface area contributed by atoms with Gasteiger partial charge in [0, 0.05) is 26.1 Å². The number of piperidine rings is 1. The Labute approximate surface area is 85.9 Å². The summed E-state index contributed by atoms with van der Waals surface area (Å²) in [5.41, 5.74) is 0. The highest BCUT2D eigenvalue weighted by Crippen LogP contribution is 2.15. The molecular formula is C10H19N3O. The maximum Gasteiger partial charge on any atom is 0.317 e. The highest BCUT2D eigenvalue weighted by Gasteiger charge is 2.21. The summed E-state index contributed by atoms with van der Waals surface area (Å²) in [6.07, 6.45) is 1.62.